The van der Waals surface area contributed by atoms with Gasteiger partial charge < -0.3 is 10.1 Å². The molecule has 3 nitrogen and oxygen atoms in total. The number of nitrogens with one attached hydrogen (secondary N) is 1. The number of benzene rings is 1. The first-order valence-electron chi connectivity index (χ1n) is 5.57. The third-order valence-electron chi connectivity index (χ3n) is 2.83. The first kappa shape index (κ1) is 12.5. The van der Waals surface area contributed by atoms with E-state index in [1.165, 1.54) is 13.2 Å². The zero-order valence-corrected chi connectivity index (χ0v) is 10.6. The van der Waals surface area contributed by atoms with Crippen molar-refractivity contribution in [2.45, 2.75) is 5.75 Å². The minimum atomic E-state index is -0.914. The standard InChI is InChI=1S/C12H16FNO2S/c1-16-12-3-2-9(4-11(12)13)7-17(15)8-10-5-14-6-10/h2-4,10,14H,5-8H2,1H3. The van der Waals surface area contributed by atoms with Gasteiger partial charge in [0.1, 0.15) is 0 Å². The fourth-order valence-corrected chi connectivity index (χ4v) is 3.20. The molecule has 0 radical (unpaired) electrons. The molecule has 2 rings (SSSR count). The van der Waals surface area contributed by atoms with Gasteiger partial charge in [0.25, 0.3) is 0 Å². The quantitative estimate of drug-likeness (QED) is 0.864. The van der Waals surface area contributed by atoms with Crippen LogP contribution < -0.4 is 10.1 Å². The van der Waals surface area contributed by atoms with Crippen LogP contribution in [0.5, 0.6) is 5.75 Å². The molecule has 0 aliphatic carbocycles. The molecule has 1 aromatic carbocycles. The van der Waals surface area contributed by atoms with E-state index in [0.29, 0.717) is 17.4 Å². The van der Waals surface area contributed by atoms with Crippen LogP contribution >= 0.6 is 0 Å². The Morgan fingerprint density at radius 2 is 2.29 bits per heavy atom. The van der Waals surface area contributed by atoms with Gasteiger partial charge >= 0.3 is 0 Å². The minimum Gasteiger partial charge on any atom is -0.494 e. The summed E-state index contributed by atoms with van der Waals surface area (Å²) in [5, 5.41) is 3.14. The smallest absolute Gasteiger partial charge is 0.165 e. The van der Waals surface area contributed by atoms with Crippen molar-refractivity contribution in [3.05, 3.63) is 29.6 Å². The monoisotopic (exact) mass is 257 g/mol. The lowest BCUT2D eigenvalue weighted by atomic mass is 10.1. The first-order chi connectivity index (χ1) is 8.19. The van der Waals surface area contributed by atoms with Crippen molar-refractivity contribution in [1.82, 2.24) is 5.32 Å². The van der Waals surface area contributed by atoms with Crippen LogP contribution in [0.3, 0.4) is 0 Å². The molecule has 1 fully saturated rings. The molecule has 5 heteroatoms. The number of rotatable bonds is 5. The Labute approximate surface area is 103 Å². The van der Waals surface area contributed by atoms with Crippen molar-refractivity contribution >= 4 is 10.8 Å². The maximum Gasteiger partial charge on any atom is 0.165 e. The molecule has 1 heterocycles. The summed E-state index contributed by atoms with van der Waals surface area (Å²) in [4.78, 5) is 0. The van der Waals surface area contributed by atoms with E-state index in [4.69, 9.17) is 4.74 Å². The van der Waals surface area contributed by atoms with Gasteiger partial charge in [-0.2, -0.15) is 0 Å². The molecular formula is C12H16FNO2S. The van der Waals surface area contributed by atoms with Crippen LogP contribution in [-0.4, -0.2) is 30.2 Å². The Balaban J connectivity index is 1.93. The summed E-state index contributed by atoms with van der Waals surface area (Å²) in [6.07, 6.45) is 0. The Bertz CT molecular complexity index is 421. The van der Waals surface area contributed by atoms with E-state index in [1.54, 1.807) is 12.1 Å². The third-order valence-corrected chi connectivity index (χ3v) is 4.33. The Kier molecular flexibility index (Phi) is 4.12. The summed E-state index contributed by atoms with van der Waals surface area (Å²) < 4.78 is 30.1. The van der Waals surface area contributed by atoms with Crippen LogP contribution in [0.4, 0.5) is 4.39 Å². The van der Waals surface area contributed by atoms with E-state index in [9.17, 15) is 8.60 Å². The summed E-state index contributed by atoms with van der Waals surface area (Å²) >= 11 is 0. The van der Waals surface area contributed by atoms with Crippen LogP contribution in [0.25, 0.3) is 0 Å². The number of methoxy groups -OCH3 is 1. The molecule has 1 saturated heterocycles. The molecule has 1 aromatic rings. The normalized spacial score (nSPS) is 17.5. The predicted octanol–water partition coefficient (Wildman–Crippen LogP) is 1.30. The molecule has 1 unspecified atom stereocenters. The second-order valence-electron chi connectivity index (χ2n) is 4.24. The molecule has 1 atom stereocenters. The molecule has 0 saturated carbocycles. The van der Waals surface area contributed by atoms with Gasteiger partial charge in [-0.05, 0) is 23.6 Å². The minimum absolute atomic E-state index is 0.225. The Morgan fingerprint density at radius 3 is 2.82 bits per heavy atom. The fraction of sp³-hybridized carbons (Fsp3) is 0.500. The lowest BCUT2D eigenvalue weighted by molar-refractivity contribution is 0.382. The molecular weight excluding hydrogens is 241 g/mol. The van der Waals surface area contributed by atoms with Crippen molar-refractivity contribution in [3.63, 3.8) is 0 Å². The van der Waals surface area contributed by atoms with E-state index in [1.807, 2.05) is 0 Å². The summed E-state index contributed by atoms with van der Waals surface area (Å²) in [6.45, 7) is 1.89. The average molecular weight is 257 g/mol. The molecule has 0 bridgehead atoms. The fourth-order valence-electron chi connectivity index (χ4n) is 1.77. The summed E-state index contributed by atoms with van der Waals surface area (Å²) in [5.41, 5.74) is 0.758. The van der Waals surface area contributed by atoms with Crippen LogP contribution in [0.1, 0.15) is 5.56 Å². The summed E-state index contributed by atoms with van der Waals surface area (Å²) in [6, 6.07) is 4.74. The van der Waals surface area contributed by atoms with Crippen molar-refractivity contribution in [3.8, 4) is 5.75 Å². The van der Waals surface area contributed by atoms with E-state index in [-0.39, 0.29) is 5.75 Å². The molecule has 0 spiro atoms. The zero-order valence-electron chi connectivity index (χ0n) is 9.74. The molecule has 94 valence electrons. The third kappa shape index (κ3) is 3.26. The number of hydrogen-bond donors (Lipinski definition) is 1. The van der Waals surface area contributed by atoms with Crippen LogP contribution in [0, 0.1) is 11.7 Å². The van der Waals surface area contributed by atoms with Crippen molar-refractivity contribution in [2.75, 3.05) is 26.0 Å². The van der Waals surface area contributed by atoms with Crippen molar-refractivity contribution in [1.29, 1.82) is 0 Å². The van der Waals surface area contributed by atoms with E-state index < -0.39 is 16.6 Å². The molecule has 0 amide bonds. The van der Waals surface area contributed by atoms with Gasteiger partial charge in [0, 0.05) is 35.4 Å². The van der Waals surface area contributed by atoms with E-state index >= 15 is 0 Å². The highest BCUT2D eigenvalue weighted by atomic mass is 32.2. The Morgan fingerprint density at radius 1 is 1.53 bits per heavy atom. The number of hydrogen-bond acceptors (Lipinski definition) is 3. The molecule has 17 heavy (non-hydrogen) atoms. The van der Waals surface area contributed by atoms with Gasteiger partial charge in [-0.25, -0.2) is 4.39 Å². The summed E-state index contributed by atoms with van der Waals surface area (Å²) in [5.74, 6) is 1.45. The molecule has 1 N–H and O–H groups in total. The zero-order chi connectivity index (χ0) is 12.3. The number of ether oxygens (including phenoxy) is 1. The first-order valence-corrected chi connectivity index (χ1v) is 7.06. The van der Waals surface area contributed by atoms with Crippen LogP contribution in [0.15, 0.2) is 18.2 Å². The highest BCUT2D eigenvalue weighted by molar-refractivity contribution is 7.84. The second kappa shape index (κ2) is 5.60. The van der Waals surface area contributed by atoms with Crippen LogP contribution in [0.2, 0.25) is 0 Å². The van der Waals surface area contributed by atoms with Gasteiger partial charge in [-0.15, -0.1) is 0 Å². The van der Waals surface area contributed by atoms with Gasteiger partial charge in [0.15, 0.2) is 11.6 Å². The summed E-state index contributed by atoms with van der Waals surface area (Å²) in [7, 11) is 0.516. The lowest BCUT2D eigenvalue weighted by Crippen LogP contribution is -2.44. The predicted molar refractivity (Wildman–Crippen MR) is 66.0 cm³/mol. The largest absolute Gasteiger partial charge is 0.494 e. The van der Waals surface area contributed by atoms with Gasteiger partial charge in [-0.3, -0.25) is 4.21 Å². The average Bonchev–Trinajstić information content (AvgIpc) is 2.24. The van der Waals surface area contributed by atoms with Gasteiger partial charge in [-0.1, -0.05) is 6.07 Å². The SMILES string of the molecule is COc1ccc(CS(=O)CC2CNC2)cc1F. The number of halogens is 1. The highest BCUT2D eigenvalue weighted by Crippen LogP contribution is 2.19. The second-order valence-corrected chi connectivity index (χ2v) is 5.75. The maximum atomic E-state index is 13.4. The molecule has 0 aromatic heterocycles. The topological polar surface area (TPSA) is 38.3 Å². The molecule has 1 aliphatic rings. The highest BCUT2D eigenvalue weighted by Gasteiger charge is 2.19. The molecule has 1 aliphatic heterocycles. The van der Waals surface area contributed by atoms with Crippen molar-refractivity contribution in [2.24, 2.45) is 5.92 Å². The van der Waals surface area contributed by atoms with E-state index in [2.05, 4.69) is 5.32 Å². The lowest BCUT2D eigenvalue weighted by Gasteiger charge is -2.26. The van der Waals surface area contributed by atoms with Crippen LogP contribution in [-0.2, 0) is 16.6 Å². The van der Waals surface area contributed by atoms with Gasteiger partial charge in [0.05, 0.1) is 7.11 Å². The van der Waals surface area contributed by atoms with Crippen molar-refractivity contribution < 1.29 is 13.3 Å². The Hall–Kier alpha value is -0.940. The van der Waals surface area contributed by atoms with E-state index in [0.717, 1.165) is 18.7 Å². The van der Waals surface area contributed by atoms with Gasteiger partial charge in [0.2, 0.25) is 0 Å². The maximum absolute atomic E-state index is 13.4.